The van der Waals surface area contributed by atoms with Gasteiger partial charge in [0.1, 0.15) is 23.8 Å². The van der Waals surface area contributed by atoms with Gasteiger partial charge in [-0.3, -0.25) is 9.69 Å². The second-order valence-electron chi connectivity index (χ2n) is 7.48. The molecule has 1 amide bonds. The monoisotopic (exact) mass is 444 g/mol. The molecule has 0 aromatic heterocycles. The number of likely N-dealkylation sites (N-methyl/N-ethyl adjacent to an activating group) is 1. The highest BCUT2D eigenvalue weighted by Gasteiger charge is 2.27. The third-order valence-corrected chi connectivity index (χ3v) is 5.67. The Hall–Kier alpha value is -3.64. The normalized spacial score (nSPS) is 14.6. The van der Waals surface area contributed by atoms with Crippen molar-refractivity contribution in [2.75, 3.05) is 14.2 Å². The fraction of sp³-hybridized carbons (Fsp3) is 0.154. The van der Waals surface area contributed by atoms with E-state index < -0.39 is 0 Å². The number of carbonyl (C=O) groups excluding carboxylic acids is 1. The first-order valence-corrected chi connectivity index (χ1v) is 10.7. The van der Waals surface area contributed by atoms with E-state index in [1.165, 1.54) is 10.5 Å². The van der Waals surface area contributed by atoms with Crippen LogP contribution >= 0.6 is 12.2 Å². The molecule has 4 rings (SSSR count). The number of nitrogens with zero attached hydrogens (tertiary/aromatic N) is 1. The fourth-order valence-electron chi connectivity index (χ4n) is 3.55. The molecule has 1 heterocycles. The van der Waals surface area contributed by atoms with Gasteiger partial charge in [-0.15, -0.1) is 0 Å². The van der Waals surface area contributed by atoms with Crippen molar-refractivity contribution in [2.24, 2.45) is 0 Å². The molecule has 0 unspecified atom stereocenters. The van der Waals surface area contributed by atoms with Crippen molar-refractivity contribution in [1.82, 2.24) is 10.2 Å². The van der Waals surface area contributed by atoms with Crippen LogP contribution in [0.2, 0.25) is 0 Å². The molecule has 0 atom stereocenters. The quantitative estimate of drug-likeness (QED) is 0.428. The SMILES string of the molecule is COc1ccc(/C=C2/NC(=S)N(C)C2=O)cc1COc1ccccc1Cc1ccccc1. The first-order valence-electron chi connectivity index (χ1n) is 10.3. The number of carbonyl (C=O) groups is 1. The van der Waals surface area contributed by atoms with Crippen LogP contribution < -0.4 is 14.8 Å². The number of thiocarbonyl (C=S) groups is 1. The minimum Gasteiger partial charge on any atom is -0.496 e. The predicted octanol–water partition coefficient (Wildman–Crippen LogP) is 4.55. The molecule has 5 nitrogen and oxygen atoms in total. The number of hydrogen-bond acceptors (Lipinski definition) is 4. The Kier molecular flexibility index (Phi) is 6.52. The number of ether oxygens (including phenoxy) is 2. The van der Waals surface area contributed by atoms with Gasteiger partial charge in [-0.25, -0.2) is 0 Å². The van der Waals surface area contributed by atoms with Crippen molar-refractivity contribution in [3.05, 3.63) is 101 Å². The standard InChI is InChI=1S/C26H24N2O3S/c1-28-25(29)22(27-26(28)32)16-19-12-13-23(30-2)21(15-19)17-31-24-11-7-6-10-20(24)14-18-8-4-3-5-9-18/h3-13,15-16H,14,17H2,1-2H3,(H,27,32)/b22-16+. The average molecular weight is 445 g/mol. The maximum atomic E-state index is 12.3. The molecule has 0 bridgehead atoms. The van der Waals surface area contributed by atoms with E-state index in [-0.39, 0.29) is 5.91 Å². The summed E-state index contributed by atoms with van der Waals surface area (Å²) >= 11 is 5.15. The van der Waals surface area contributed by atoms with Gasteiger partial charge in [0.05, 0.1) is 7.11 Å². The van der Waals surface area contributed by atoms with Crippen LogP contribution in [0.25, 0.3) is 6.08 Å². The summed E-state index contributed by atoms with van der Waals surface area (Å²) in [7, 11) is 3.29. The molecular weight excluding hydrogens is 420 g/mol. The molecule has 1 fully saturated rings. The number of para-hydroxylation sites is 1. The molecule has 1 aliphatic rings. The Labute approximate surface area is 193 Å². The number of methoxy groups -OCH3 is 1. The fourth-order valence-corrected chi connectivity index (χ4v) is 3.75. The maximum Gasteiger partial charge on any atom is 0.276 e. The van der Waals surface area contributed by atoms with Crippen LogP contribution in [0.3, 0.4) is 0 Å². The van der Waals surface area contributed by atoms with Gasteiger partial charge < -0.3 is 14.8 Å². The van der Waals surface area contributed by atoms with Crippen LogP contribution in [0, 0.1) is 0 Å². The lowest BCUT2D eigenvalue weighted by Gasteiger charge is -2.14. The molecule has 0 saturated carbocycles. The average Bonchev–Trinajstić information content (AvgIpc) is 3.05. The van der Waals surface area contributed by atoms with Crippen LogP contribution in [0.15, 0.2) is 78.5 Å². The number of rotatable bonds is 7. The Morgan fingerprint density at radius 3 is 2.44 bits per heavy atom. The van der Waals surface area contributed by atoms with Crippen molar-refractivity contribution in [3.63, 3.8) is 0 Å². The highest BCUT2D eigenvalue weighted by molar-refractivity contribution is 7.80. The highest BCUT2D eigenvalue weighted by Crippen LogP contribution is 2.26. The van der Waals surface area contributed by atoms with Crippen molar-refractivity contribution < 1.29 is 14.3 Å². The molecule has 1 aliphatic heterocycles. The molecule has 1 saturated heterocycles. The Morgan fingerprint density at radius 2 is 1.72 bits per heavy atom. The summed E-state index contributed by atoms with van der Waals surface area (Å²) in [5.74, 6) is 1.41. The van der Waals surface area contributed by atoms with Gasteiger partial charge in [-0.1, -0.05) is 54.6 Å². The van der Waals surface area contributed by atoms with E-state index in [1.54, 1.807) is 20.2 Å². The Morgan fingerprint density at radius 1 is 0.969 bits per heavy atom. The largest absolute Gasteiger partial charge is 0.496 e. The smallest absolute Gasteiger partial charge is 0.276 e. The lowest BCUT2D eigenvalue weighted by molar-refractivity contribution is -0.121. The third-order valence-electron chi connectivity index (χ3n) is 5.29. The van der Waals surface area contributed by atoms with Gasteiger partial charge in [0, 0.05) is 19.0 Å². The van der Waals surface area contributed by atoms with Gasteiger partial charge in [0.15, 0.2) is 5.11 Å². The van der Waals surface area contributed by atoms with Gasteiger partial charge in [0.2, 0.25) is 0 Å². The number of nitrogens with one attached hydrogen (secondary N) is 1. The number of amides is 1. The first-order chi connectivity index (χ1) is 15.5. The van der Waals surface area contributed by atoms with Crippen molar-refractivity contribution in [2.45, 2.75) is 13.0 Å². The third kappa shape index (κ3) is 4.81. The van der Waals surface area contributed by atoms with Crippen LogP contribution in [0.4, 0.5) is 0 Å². The van der Waals surface area contributed by atoms with Gasteiger partial charge >= 0.3 is 0 Å². The molecular formula is C26H24N2O3S. The minimum atomic E-state index is -0.154. The summed E-state index contributed by atoms with van der Waals surface area (Å²) in [6, 6.07) is 24.1. The van der Waals surface area contributed by atoms with E-state index in [2.05, 4.69) is 23.5 Å². The molecule has 1 N–H and O–H groups in total. The summed E-state index contributed by atoms with van der Waals surface area (Å²) in [5.41, 5.74) is 4.54. The molecule has 162 valence electrons. The second kappa shape index (κ2) is 9.66. The van der Waals surface area contributed by atoms with E-state index >= 15 is 0 Å². The Bertz CT molecular complexity index is 1170. The predicted molar refractivity (Wildman–Crippen MR) is 129 cm³/mol. The lowest BCUT2D eigenvalue weighted by Crippen LogP contribution is -2.25. The van der Waals surface area contributed by atoms with E-state index in [1.807, 2.05) is 54.6 Å². The van der Waals surface area contributed by atoms with Crippen LogP contribution in [0.5, 0.6) is 11.5 Å². The first kappa shape index (κ1) is 21.6. The molecule has 32 heavy (non-hydrogen) atoms. The highest BCUT2D eigenvalue weighted by atomic mass is 32.1. The van der Waals surface area contributed by atoms with Gasteiger partial charge in [-0.2, -0.15) is 0 Å². The van der Waals surface area contributed by atoms with E-state index in [9.17, 15) is 4.79 Å². The molecule has 3 aromatic rings. The molecule has 6 heteroatoms. The number of benzene rings is 3. The van der Waals surface area contributed by atoms with Crippen LogP contribution in [-0.4, -0.2) is 30.1 Å². The summed E-state index contributed by atoms with van der Waals surface area (Å²) in [5, 5.41) is 3.34. The van der Waals surface area contributed by atoms with Crippen molar-refractivity contribution in [3.8, 4) is 11.5 Å². The second-order valence-corrected chi connectivity index (χ2v) is 7.87. The summed E-state index contributed by atoms with van der Waals surface area (Å²) < 4.78 is 11.7. The molecule has 0 radical (unpaired) electrons. The Balaban J connectivity index is 1.54. The molecule has 0 aliphatic carbocycles. The van der Waals surface area contributed by atoms with E-state index in [0.29, 0.717) is 17.4 Å². The van der Waals surface area contributed by atoms with Crippen LogP contribution in [-0.2, 0) is 17.8 Å². The number of hydrogen-bond donors (Lipinski definition) is 1. The topological polar surface area (TPSA) is 50.8 Å². The summed E-state index contributed by atoms with van der Waals surface area (Å²) in [6.45, 7) is 0.339. The molecule has 0 spiro atoms. The van der Waals surface area contributed by atoms with Crippen LogP contribution in [0.1, 0.15) is 22.3 Å². The maximum absolute atomic E-state index is 12.3. The zero-order valence-electron chi connectivity index (χ0n) is 18.0. The summed E-state index contributed by atoms with van der Waals surface area (Å²) in [6.07, 6.45) is 2.58. The van der Waals surface area contributed by atoms with Gasteiger partial charge in [-0.05, 0) is 53.2 Å². The summed E-state index contributed by atoms with van der Waals surface area (Å²) in [4.78, 5) is 13.7. The van der Waals surface area contributed by atoms with E-state index in [4.69, 9.17) is 21.7 Å². The van der Waals surface area contributed by atoms with Crippen molar-refractivity contribution >= 4 is 29.3 Å². The zero-order chi connectivity index (χ0) is 22.5. The van der Waals surface area contributed by atoms with Gasteiger partial charge in [0.25, 0.3) is 5.91 Å². The lowest BCUT2D eigenvalue weighted by atomic mass is 10.0. The zero-order valence-corrected chi connectivity index (χ0v) is 18.8. The van der Waals surface area contributed by atoms with E-state index in [0.717, 1.165) is 34.6 Å². The van der Waals surface area contributed by atoms with Crippen molar-refractivity contribution in [1.29, 1.82) is 0 Å². The molecule has 3 aromatic carbocycles. The minimum absolute atomic E-state index is 0.154.